The average molecular weight is 370 g/mol. The van der Waals surface area contributed by atoms with Crippen LogP contribution in [-0.2, 0) is 9.53 Å². The first-order valence-corrected chi connectivity index (χ1v) is 8.84. The largest absolute Gasteiger partial charge is 0.380 e. The lowest BCUT2D eigenvalue weighted by Gasteiger charge is -2.38. The Balaban J connectivity index is 0.00000225. The van der Waals surface area contributed by atoms with E-state index in [9.17, 15) is 9.59 Å². The number of amides is 1. The number of aromatic nitrogens is 1. The Kier molecular flexibility index (Phi) is 7.04. The zero-order valence-corrected chi connectivity index (χ0v) is 15.5. The number of carbonyl (C=O) groups is 1. The lowest BCUT2D eigenvalue weighted by atomic mass is 9.82. The lowest BCUT2D eigenvalue weighted by Crippen LogP contribution is -2.48. The van der Waals surface area contributed by atoms with Gasteiger partial charge in [-0.1, -0.05) is 0 Å². The van der Waals surface area contributed by atoms with Crippen molar-refractivity contribution < 1.29 is 9.53 Å². The minimum atomic E-state index is -0.0603. The van der Waals surface area contributed by atoms with E-state index in [0.29, 0.717) is 12.3 Å². The van der Waals surface area contributed by atoms with Crippen molar-refractivity contribution in [1.82, 2.24) is 9.88 Å². The Morgan fingerprint density at radius 2 is 2.00 bits per heavy atom. The van der Waals surface area contributed by atoms with Crippen LogP contribution in [0.2, 0.25) is 0 Å². The molecule has 0 bridgehead atoms. The molecule has 2 fully saturated rings. The van der Waals surface area contributed by atoms with Gasteiger partial charge in [-0.05, 0) is 49.7 Å². The number of pyridine rings is 1. The fourth-order valence-electron chi connectivity index (χ4n) is 4.10. The Bertz CT molecular complexity index is 628. The zero-order valence-electron chi connectivity index (χ0n) is 14.6. The summed E-state index contributed by atoms with van der Waals surface area (Å²) in [5.41, 5.74) is 7.15. The Morgan fingerprint density at radius 3 is 2.60 bits per heavy atom. The van der Waals surface area contributed by atoms with E-state index in [1.54, 1.807) is 19.4 Å². The van der Waals surface area contributed by atoms with Gasteiger partial charge in [-0.2, -0.15) is 0 Å². The van der Waals surface area contributed by atoms with Crippen molar-refractivity contribution in [3.63, 3.8) is 0 Å². The van der Waals surface area contributed by atoms with Crippen molar-refractivity contribution in [2.24, 2.45) is 11.7 Å². The number of halogens is 1. The van der Waals surface area contributed by atoms with Crippen molar-refractivity contribution >= 4 is 18.3 Å². The number of rotatable bonds is 3. The normalized spacial score (nSPS) is 27.6. The lowest BCUT2D eigenvalue weighted by molar-refractivity contribution is -0.138. The summed E-state index contributed by atoms with van der Waals surface area (Å²) in [5, 5.41) is 0. The van der Waals surface area contributed by atoms with Gasteiger partial charge in [0.1, 0.15) is 0 Å². The van der Waals surface area contributed by atoms with Gasteiger partial charge in [-0.25, -0.2) is 0 Å². The number of piperidine rings is 1. The van der Waals surface area contributed by atoms with Crippen LogP contribution in [0.15, 0.2) is 23.1 Å². The third-order valence-corrected chi connectivity index (χ3v) is 5.56. The number of nitrogens with two attached hydrogens (primary N) is 1. The smallest absolute Gasteiger partial charge is 0.248 e. The SMILES string of the molecule is CO[C@@H]1CC[C@H](C(=O)N2CCC(c3cc[nH]c(=O)c3)CC2)C[C@H]1N.Cl. The van der Waals surface area contributed by atoms with Crippen LogP contribution in [0.1, 0.15) is 43.6 Å². The van der Waals surface area contributed by atoms with Crippen LogP contribution in [0.5, 0.6) is 0 Å². The topological polar surface area (TPSA) is 88.4 Å². The van der Waals surface area contributed by atoms with Crippen molar-refractivity contribution in [3.05, 3.63) is 34.2 Å². The molecule has 3 atom stereocenters. The summed E-state index contributed by atoms with van der Waals surface area (Å²) in [6, 6.07) is 3.59. The monoisotopic (exact) mass is 369 g/mol. The van der Waals surface area contributed by atoms with Gasteiger partial charge in [0.2, 0.25) is 11.5 Å². The standard InChI is InChI=1S/C18H27N3O3.ClH/c1-24-16-3-2-14(10-15(16)19)18(23)21-8-5-12(6-9-21)13-4-7-20-17(22)11-13;/h4,7,11-12,14-16H,2-3,5-6,8-10,19H2,1H3,(H,20,22);1H/t14-,15+,16+;/m0./s1. The highest BCUT2D eigenvalue weighted by atomic mass is 35.5. The van der Waals surface area contributed by atoms with E-state index < -0.39 is 0 Å². The van der Waals surface area contributed by atoms with Crippen molar-refractivity contribution in [3.8, 4) is 0 Å². The van der Waals surface area contributed by atoms with E-state index in [0.717, 1.165) is 44.3 Å². The second-order valence-corrected chi connectivity index (χ2v) is 7.03. The van der Waals surface area contributed by atoms with E-state index in [1.807, 2.05) is 11.0 Å². The quantitative estimate of drug-likeness (QED) is 0.847. The first kappa shape index (κ1) is 19.9. The number of nitrogens with zero attached hydrogens (tertiary/aromatic N) is 1. The molecule has 6 nitrogen and oxygen atoms in total. The molecule has 0 unspecified atom stereocenters. The Morgan fingerprint density at radius 1 is 1.28 bits per heavy atom. The molecule has 2 aliphatic rings. The first-order valence-electron chi connectivity index (χ1n) is 8.84. The summed E-state index contributed by atoms with van der Waals surface area (Å²) in [5.74, 6) is 0.634. The van der Waals surface area contributed by atoms with Crippen molar-refractivity contribution in [2.75, 3.05) is 20.2 Å². The maximum Gasteiger partial charge on any atom is 0.248 e. The number of aromatic amines is 1. The van der Waals surface area contributed by atoms with Gasteiger partial charge in [0.25, 0.3) is 0 Å². The van der Waals surface area contributed by atoms with Crippen LogP contribution in [0.3, 0.4) is 0 Å². The summed E-state index contributed by atoms with van der Waals surface area (Å²) >= 11 is 0. The second kappa shape index (κ2) is 8.83. The van der Waals surface area contributed by atoms with Gasteiger partial charge in [0.15, 0.2) is 0 Å². The number of H-pyrrole nitrogens is 1. The number of hydrogen-bond donors (Lipinski definition) is 2. The number of ether oxygens (including phenoxy) is 1. The summed E-state index contributed by atoms with van der Waals surface area (Å²) < 4.78 is 5.37. The van der Waals surface area contributed by atoms with Crippen LogP contribution in [0.25, 0.3) is 0 Å². The van der Waals surface area contributed by atoms with Gasteiger partial charge >= 0.3 is 0 Å². The summed E-state index contributed by atoms with van der Waals surface area (Å²) in [6.45, 7) is 1.52. The highest BCUT2D eigenvalue weighted by molar-refractivity contribution is 5.85. The maximum absolute atomic E-state index is 12.8. The van der Waals surface area contributed by atoms with Gasteiger partial charge < -0.3 is 20.4 Å². The summed E-state index contributed by atoms with van der Waals surface area (Å²) in [4.78, 5) is 28.8. The molecule has 1 saturated carbocycles. The average Bonchev–Trinajstić information content (AvgIpc) is 2.61. The molecule has 0 aromatic carbocycles. The summed E-state index contributed by atoms with van der Waals surface area (Å²) in [7, 11) is 1.69. The minimum absolute atomic E-state index is 0. The molecule has 140 valence electrons. The molecule has 7 heteroatoms. The fourth-order valence-corrected chi connectivity index (χ4v) is 4.10. The maximum atomic E-state index is 12.8. The molecule has 0 spiro atoms. The first-order chi connectivity index (χ1) is 11.6. The molecular weight excluding hydrogens is 342 g/mol. The predicted octanol–water partition coefficient (Wildman–Crippen LogP) is 1.65. The van der Waals surface area contributed by atoms with E-state index in [4.69, 9.17) is 10.5 Å². The predicted molar refractivity (Wildman–Crippen MR) is 99.0 cm³/mol. The van der Waals surface area contributed by atoms with Crippen LogP contribution >= 0.6 is 12.4 Å². The third kappa shape index (κ3) is 4.63. The van der Waals surface area contributed by atoms with E-state index in [1.165, 1.54) is 0 Å². The number of methoxy groups -OCH3 is 1. The number of carbonyl (C=O) groups excluding carboxylic acids is 1. The molecule has 1 aliphatic heterocycles. The molecule has 1 amide bonds. The third-order valence-electron chi connectivity index (χ3n) is 5.56. The molecule has 1 aromatic heterocycles. The Labute approximate surface area is 154 Å². The van der Waals surface area contributed by atoms with Crippen LogP contribution in [0, 0.1) is 5.92 Å². The van der Waals surface area contributed by atoms with Crippen molar-refractivity contribution in [1.29, 1.82) is 0 Å². The molecule has 0 radical (unpaired) electrons. The Hall–Kier alpha value is -1.37. The highest BCUT2D eigenvalue weighted by Gasteiger charge is 2.35. The van der Waals surface area contributed by atoms with Crippen LogP contribution in [-0.4, -0.2) is 48.1 Å². The molecule has 3 N–H and O–H groups in total. The van der Waals surface area contributed by atoms with Gasteiger partial charge in [-0.15, -0.1) is 12.4 Å². The van der Waals surface area contributed by atoms with Crippen LogP contribution in [0.4, 0.5) is 0 Å². The van der Waals surface area contributed by atoms with Gasteiger partial charge in [-0.3, -0.25) is 9.59 Å². The summed E-state index contributed by atoms with van der Waals surface area (Å²) in [6.07, 6.45) is 6.03. The van der Waals surface area contributed by atoms with E-state index in [2.05, 4.69) is 4.98 Å². The molecule has 3 rings (SSSR count). The zero-order chi connectivity index (χ0) is 17.1. The minimum Gasteiger partial charge on any atom is -0.380 e. The molecular formula is C18H28ClN3O3. The van der Waals surface area contributed by atoms with Gasteiger partial charge in [0, 0.05) is 44.4 Å². The van der Waals surface area contributed by atoms with E-state index in [-0.39, 0.29) is 41.9 Å². The van der Waals surface area contributed by atoms with Crippen LogP contribution < -0.4 is 11.3 Å². The van der Waals surface area contributed by atoms with Crippen molar-refractivity contribution in [2.45, 2.75) is 50.2 Å². The number of nitrogens with one attached hydrogen (secondary N) is 1. The number of hydrogen-bond acceptors (Lipinski definition) is 4. The van der Waals surface area contributed by atoms with E-state index >= 15 is 0 Å². The molecule has 1 aliphatic carbocycles. The molecule has 25 heavy (non-hydrogen) atoms. The second-order valence-electron chi connectivity index (χ2n) is 7.03. The highest BCUT2D eigenvalue weighted by Crippen LogP contribution is 2.31. The molecule has 1 aromatic rings. The molecule has 1 saturated heterocycles. The number of likely N-dealkylation sites (tertiary alicyclic amines) is 1. The molecule has 2 heterocycles. The fraction of sp³-hybridized carbons (Fsp3) is 0.667. The van der Waals surface area contributed by atoms with Gasteiger partial charge in [0.05, 0.1) is 6.10 Å².